The highest BCUT2D eigenvalue weighted by molar-refractivity contribution is 5.96. The molecule has 0 spiro atoms. The maximum Gasteiger partial charge on any atom is 0.254 e. The van der Waals surface area contributed by atoms with Gasteiger partial charge in [0.15, 0.2) is 11.6 Å². The van der Waals surface area contributed by atoms with Gasteiger partial charge in [-0.2, -0.15) is 0 Å². The summed E-state index contributed by atoms with van der Waals surface area (Å²) in [6.07, 6.45) is 1.87. The smallest absolute Gasteiger partial charge is 0.254 e. The second-order valence-electron chi connectivity index (χ2n) is 9.02. The quantitative estimate of drug-likeness (QED) is 0.543. The molecule has 3 aliphatic rings. The van der Waals surface area contributed by atoms with Gasteiger partial charge in [0.2, 0.25) is 5.95 Å². The first-order valence-corrected chi connectivity index (χ1v) is 11.6. The number of fused-ring (bicyclic) bond motifs is 2. The Bertz CT molecular complexity index is 1350. The van der Waals surface area contributed by atoms with Crippen LogP contribution in [0.3, 0.4) is 0 Å². The van der Waals surface area contributed by atoms with E-state index in [-0.39, 0.29) is 11.9 Å². The average molecular weight is 487 g/mol. The summed E-state index contributed by atoms with van der Waals surface area (Å²) in [6, 6.07) is 11.3. The highest BCUT2D eigenvalue weighted by Gasteiger charge is 2.38. The molecule has 1 saturated heterocycles. The van der Waals surface area contributed by atoms with Gasteiger partial charge in [-0.15, -0.1) is 0 Å². The van der Waals surface area contributed by atoms with Crippen LogP contribution < -0.4 is 24.8 Å². The van der Waals surface area contributed by atoms with Gasteiger partial charge < -0.3 is 29.7 Å². The number of benzene rings is 2. The Balaban J connectivity index is 1.08. The van der Waals surface area contributed by atoms with E-state index >= 15 is 0 Å². The number of methoxy groups -OCH3 is 2. The molecule has 4 heterocycles. The average Bonchev–Trinajstić information content (AvgIpc) is 3.43. The van der Waals surface area contributed by atoms with Crippen LogP contribution in [0.25, 0.3) is 0 Å². The van der Waals surface area contributed by atoms with Gasteiger partial charge in [0.05, 0.1) is 25.6 Å². The second-order valence-corrected chi connectivity index (χ2v) is 9.02. The Morgan fingerprint density at radius 1 is 1.14 bits per heavy atom. The van der Waals surface area contributed by atoms with Crippen LogP contribution in [0.1, 0.15) is 21.6 Å². The Labute approximate surface area is 208 Å². The number of hydrogen-bond acceptors (Lipinski definition) is 9. The summed E-state index contributed by atoms with van der Waals surface area (Å²) >= 11 is 0. The van der Waals surface area contributed by atoms with Gasteiger partial charge in [0.1, 0.15) is 11.5 Å². The van der Waals surface area contributed by atoms with E-state index in [2.05, 4.69) is 27.1 Å². The minimum Gasteiger partial charge on any atom is -0.497 e. The zero-order valence-corrected chi connectivity index (χ0v) is 20.1. The standard InChI is InChI=1S/C26H26N6O4/c1-15-28-22-5-4-16(6-24(22)36-15)25(33)32-12-19(13-32)31-11-17-10-27-26(30-23(17)14-31)29-18-7-20(34-2)9-21(8-18)35-3/h4-10,19,28H,1,11-14H2,2-3H3,(H,27,29,30). The molecule has 0 bridgehead atoms. The molecule has 0 aliphatic carbocycles. The van der Waals surface area contributed by atoms with E-state index in [1.54, 1.807) is 20.3 Å². The normalized spacial score (nSPS) is 16.5. The van der Waals surface area contributed by atoms with E-state index in [0.717, 1.165) is 35.7 Å². The molecule has 1 aromatic heterocycles. The first-order valence-electron chi connectivity index (χ1n) is 11.6. The summed E-state index contributed by atoms with van der Waals surface area (Å²) < 4.78 is 16.2. The van der Waals surface area contributed by atoms with Crippen molar-refractivity contribution >= 4 is 23.2 Å². The summed E-state index contributed by atoms with van der Waals surface area (Å²) in [6.45, 7) is 6.61. The number of rotatable bonds is 6. The van der Waals surface area contributed by atoms with Crippen molar-refractivity contribution < 1.29 is 19.0 Å². The van der Waals surface area contributed by atoms with E-state index in [1.165, 1.54) is 0 Å². The number of aromatic nitrogens is 2. The molecule has 36 heavy (non-hydrogen) atoms. The zero-order valence-electron chi connectivity index (χ0n) is 20.1. The molecule has 0 atom stereocenters. The number of likely N-dealkylation sites (tertiary alicyclic amines) is 1. The Kier molecular flexibility index (Phi) is 5.37. The lowest BCUT2D eigenvalue weighted by Crippen LogP contribution is -2.59. The molecule has 6 rings (SSSR count). The fourth-order valence-corrected chi connectivity index (χ4v) is 4.69. The molecule has 0 saturated carbocycles. The van der Waals surface area contributed by atoms with Crippen molar-refractivity contribution in [2.75, 3.05) is 37.9 Å². The van der Waals surface area contributed by atoms with Crippen LogP contribution in [-0.2, 0) is 13.1 Å². The van der Waals surface area contributed by atoms with Crippen LogP contribution in [0.5, 0.6) is 17.2 Å². The molecule has 1 amide bonds. The van der Waals surface area contributed by atoms with Gasteiger partial charge in [-0.3, -0.25) is 9.69 Å². The third-order valence-corrected chi connectivity index (χ3v) is 6.69. The number of hydrogen-bond donors (Lipinski definition) is 2. The van der Waals surface area contributed by atoms with Crippen molar-refractivity contribution in [2.24, 2.45) is 0 Å². The third-order valence-electron chi connectivity index (χ3n) is 6.69. The van der Waals surface area contributed by atoms with Crippen molar-refractivity contribution in [1.29, 1.82) is 0 Å². The lowest BCUT2D eigenvalue weighted by atomic mass is 10.0. The van der Waals surface area contributed by atoms with Gasteiger partial charge in [-0.25, -0.2) is 9.97 Å². The number of carbonyl (C=O) groups excluding carboxylic acids is 1. The third kappa shape index (κ3) is 4.05. The topological polar surface area (TPSA) is 101 Å². The van der Waals surface area contributed by atoms with Crippen molar-refractivity contribution in [1.82, 2.24) is 19.8 Å². The van der Waals surface area contributed by atoms with Gasteiger partial charge in [0.25, 0.3) is 5.91 Å². The van der Waals surface area contributed by atoms with E-state index < -0.39 is 0 Å². The minimum atomic E-state index is 0.00636. The lowest BCUT2D eigenvalue weighted by Gasteiger charge is -2.44. The summed E-state index contributed by atoms with van der Waals surface area (Å²) in [4.78, 5) is 26.4. The maximum absolute atomic E-state index is 13.0. The number of anilines is 3. The summed E-state index contributed by atoms with van der Waals surface area (Å²) in [5.41, 5.74) is 4.33. The molecule has 0 radical (unpaired) electrons. The van der Waals surface area contributed by atoms with Crippen molar-refractivity contribution in [3.05, 3.63) is 71.9 Å². The highest BCUT2D eigenvalue weighted by Crippen LogP contribution is 2.35. The first-order chi connectivity index (χ1) is 17.5. The van der Waals surface area contributed by atoms with Crippen LogP contribution in [0, 0.1) is 0 Å². The molecule has 10 nitrogen and oxygen atoms in total. The van der Waals surface area contributed by atoms with Crippen molar-refractivity contribution in [3.63, 3.8) is 0 Å². The monoisotopic (exact) mass is 486 g/mol. The maximum atomic E-state index is 13.0. The fraction of sp³-hybridized carbons (Fsp3) is 0.269. The summed E-state index contributed by atoms with van der Waals surface area (Å²) in [5.74, 6) is 3.00. The lowest BCUT2D eigenvalue weighted by molar-refractivity contribution is 0.0249. The molecule has 1 fully saturated rings. The Morgan fingerprint density at radius 3 is 2.67 bits per heavy atom. The molecule has 0 unspecified atom stereocenters. The molecule has 2 N–H and O–H groups in total. The van der Waals surface area contributed by atoms with Gasteiger partial charge in [-0.05, 0) is 24.8 Å². The predicted molar refractivity (Wildman–Crippen MR) is 134 cm³/mol. The Hall–Kier alpha value is -4.31. The van der Waals surface area contributed by atoms with Crippen LogP contribution in [0.15, 0.2) is 55.1 Å². The molecule has 3 aliphatic heterocycles. The number of nitrogens with zero attached hydrogens (tertiary/aromatic N) is 4. The van der Waals surface area contributed by atoms with Crippen molar-refractivity contribution in [3.8, 4) is 17.2 Å². The number of ether oxygens (including phenoxy) is 3. The largest absolute Gasteiger partial charge is 0.497 e. The van der Waals surface area contributed by atoms with E-state index in [0.29, 0.717) is 47.7 Å². The van der Waals surface area contributed by atoms with E-state index in [1.807, 2.05) is 41.4 Å². The van der Waals surface area contributed by atoms with Crippen molar-refractivity contribution in [2.45, 2.75) is 19.1 Å². The van der Waals surface area contributed by atoms with Crippen LogP contribution >= 0.6 is 0 Å². The number of nitrogens with one attached hydrogen (secondary N) is 2. The van der Waals surface area contributed by atoms with Crippen LogP contribution in [-0.4, -0.2) is 59.0 Å². The minimum absolute atomic E-state index is 0.00636. The molecule has 10 heteroatoms. The van der Waals surface area contributed by atoms with Crippen LogP contribution in [0.4, 0.5) is 17.3 Å². The second kappa shape index (κ2) is 8.72. The predicted octanol–water partition coefficient (Wildman–Crippen LogP) is 3.35. The van der Waals surface area contributed by atoms with E-state index in [9.17, 15) is 4.79 Å². The SMILES string of the molecule is C=C1Nc2ccc(C(=O)N3CC(N4Cc5cnc(Nc6cc(OC)cc(OC)c6)nc5C4)C3)cc2O1. The first kappa shape index (κ1) is 22.2. The molecule has 3 aromatic rings. The number of amides is 1. The van der Waals surface area contributed by atoms with Gasteiger partial charge >= 0.3 is 0 Å². The fourth-order valence-electron chi connectivity index (χ4n) is 4.69. The summed E-state index contributed by atoms with van der Waals surface area (Å²) in [5, 5.41) is 6.27. The van der Waals surface area contributed by atoms with Gasteiger partial charge in [-0.1, -0.05) is 0 Å². The van der Waals surface area contributed by atoms with Crippen LogP contribution in [0.2, 0.25) is 0 Å². The molecular weight excluding hydrogens is 460 g/mol. The highest BCUT2D eigenvalue weighted by atomic mass is 16.5. The zero-order chi connectivity index (χ0) is 24.8. The molecule has 2 aromatic carbocycles. The van der Waals surface area contributed by atoms with Gasteiger partial charge in [0, 0.05) is 73.4 Å². The summed E-state index contributed by atoms with van der Waals surface area (Å²) in [7, 11) is 3.23. The Morgan fingerprint density at radius 2 is 1.92 bits per heavy atom. The van der Waals surface area contributed by atoms with E-state index in [4.69, 9.17) is 19.2 Å². The molecular formula is C26H26N6O4. The number of carbonyl (C=O) groups is 1. The molecule has 184 valence electrons.